The first kappa shape index (κ1) is 74.7. The number of nitrogen functional groups attached to an aromatic ring is 1. The number of anilines is 2. The molecule has 5 N–H and O–H groups in total. The summed E-state index contributed by atoms with van der Waals surface area (Å²) in [7, 11) is 0. The van der Waals surface area contributed by atoms with Crippen molar-refractivity contribution < 1.29 is 63.0 Å². The van der Waals surface area contributed by atoms with Crippen molar-refractivity contribution in [1.29, 1.82) is 0 Å². The molecule has 0 saturated heterocycles. The number of carbonyl (C=O) groups excluding carboxylic acids is 5. The Bertz CT molecular complexity index is 2460. The number of amides is 1. The number of nitrogens with one attached hydrogen (secondary N) is 1. The van der Waals surface area contributed by atoms with Crippen LogP contribution in [0.25, 0.3) is 0 Å². The number of nitro groups is 2. The van der Waals surface area contributed by atoms with E-state index in [0.29, 0.717) is 33.6 Å². The Morgan fingerprint density at radius 3 is 1.14 bits per heavy atom. The first-order valence-electron chi connectivity index (χ1n) is 21.3. The predicted molar refractivity (Wildman–Crippen MR) is 289 cm³/mol. The van der Waals surface area contributed by atoms with Gasteiger partial charge in [0.2, 0.25) is 11.1 Å². The number of esters is 3. The van der Waals surface area contributed by atoms with Gasteiger partial charge in [-0.2, -0.15) is 0 Å². The average Bonchev–Trinajstić information content (AvgIpc) is 3.18. The molecule has 0 fully saturated rings. The van der Waals surface area contributed by atoms with Crippen molar-refractivity contribution in [2.24, 2.45) is 0 Å². The molecule has 0 aromatic heterocycles. The van der Waals surface area contributed by atoms with Gasteiger partial charge in [-0.25, -0.2) is 19.2 Å². The number of nitrogens with two attached hydrogens (primary N) is 1. The van der Waals surface area contributed by atoms with Gasteiger partial charge in [-0.1, -0.05) is 46.5 Å². The lowest BCUT2D eigenvalue weighted by atomic mass is 10.1. The first-order valence-corrected chi connectivity index (χ1v) is 21.7. The number of hydrogen-bond acceptors (Lipinski definition) is 15. The van der Waals surface area contributed by atoms with Crippen LogP contribution >= 0.6 is 11.6 Å². The SMILES string of the molecule is C.C.C.CC(=O)Cl.CC(=O)Nc1cc(C(=O)OC(C)(C)C)ccc1C.CCO.Cc1ccc(C(=O)O)cc1[N+](=O)[O-].Cc1ccc(C(=O)OC(C)(C)C)cc1N.Cc1ccc(C(=O)OC(C)(C)C)cc1[N+](=O)[O-]. The van der Waals surface area contributed by atoms with Crippen LogP contribution in [0.1, 0.15) is 169 Å². The van der Waals surface area contributed by atoms with E-state index in [0.717, 1.165) is 17.2 Å². The third-order valence-corrected chi connectivity index (χ3v) is 7.79. The third kappa shape index (κ3) is 33.1. The van der Waals surface area contributed by atoms with Crippen molar-refractivity contribution in [2.75, 3.05) is 17.7 Å². The number of nitrogens with zero attached hydrogens (tertiary/aromatic N) is 2. The molecule has 0 aliphatic carbocycles. The molecule has 0 saturated carbocycles. The molecule has 0 atom stereocenters. The van der Waals surface area contributed by atoms with Gasteiger partial charge in [-0.15, -0.1) is 0 Å². The van der Waals surface area contributed by atoms with Gasteiger partial charge < -0.3 is 35.5 Å². The van der Waals surface area contributed by atoms with E-state index in [4.69, 9.17) is 30.2 Å². The summed E-state index contributed by atoms with van der Waals surface area (Å²) in [6, 6.07) is 18.4. The fraction of sp³-hybridized carbons (Fsp3) is 0.434. The van der Waals surface area contributed by atoms with Gasteiger partial charge in [-0.05, 0) is 156 Å². The van der Waals surface area contributed by atoms with Gasteiger partial charge in [0.25, 0.3) is 11.4 Å². The Morgan fingerprint density at radius 2 is 0.849 bits per heavy atom. The van der Waals surface area contributed by atoms with Gasteiger partial charge in [0, 0.05) is 55.1 Å². The summed E-state index contributed by atoms with van der Waals surface area (Å²) in [5, 5.41) is 39.6. The van der Waals surface area contributed by atoms with E-state index in [1.54, 1.807) is 71.9 Å². The van der Waals surface area contributed by atoms with Gasteiger partial charge in [0.15, 0.2) is 0 Å². The Kier molecular flexibility index (Phi) is 35.0. The molecular formula is C53H79ClN4O15. The number of aromatic carboxylic acids is 1. The van der Waals surface area contributed by atoms with Crippen LogP contribution in [-0.2, 0) is 23.8 Å². The molecule has 4 aromatic rings. The highest BCUT2D eigenvalue weighted by molar-refractivity contribution is 6.62. The molecule has 4 rings (SSSR count). The molecule has 19 nitrogen and oxygen atoms in total. The number of carboxylic acids is 1. The zero-order chi connectivity index (χ0) is 55.1. The normalized spacial score (nSPS) is 9.89. The molecule has 0 aliphatic heterocycles. The van der Waals surface area contributed by atoms with Gasteiger partial charge in [-0.3, -0.25) is 29.8 Å². The minimum Gasteiger partial charge on any atom is -0.478 e. The fourth-order valence-corrected chi connectivity index (χ4v) is 4.72. The third-order valence-electron chi connectivity index (χ3n) is 7.79. The van der Waals surface area contributed by atoms with E-state index in [1.807, 2.05) is 61.5 Å². The van der Waals surface area contributed by atoms with E-state index in [9.17, 15) is 49.0 Å². The molecule has 408 valence electrons. The highest BCUT2D eigenvalue weighted by Crippen LogP contribution is 2.23. The molecule has 20 heteroatoms. The van der Waals surface area contributed by atoms with Crippen molar-refractivity contribution in [3.05, 3.63) is 138 Å². The molecule has 4 aromatic carbocycles. The van der Waals surface area contributed by atoms with E-state index in [-0.39, 0.29) is 68.5 Å². The molecular weight excluding hydrogens is 968 g/mol. The number of aliphatic hydroxyl groups is 1. The number of carbonyl (C=O) groups is 6. The molecule has 0 unspecified atom stereocenters. The van der Waals surface area contributed by atoms with Crippen LogP contribution in [0.4, 0.5) is 22.7 Å². The predicted octanol–water partition coefficient (Wildman–Crippen LogP) is 12.6. The maximum atomic E-state index is 11.9. The lowest BCUT2D eigenvalue weighted by Crippen LogP contribution is -2.24. The van der Waals surface area contributed by atoms with Crippen LogP contribution in [0.15, 0.2) is 72.8 Å². The quantitative estimate of drug-likeness (QED) is 0.0334. The van der Waals surface area contributed by atoms with Crippen LogP contribution in [0, 0.1) is 47.9 Å². The number of carboxylic acid groups (broad SMARTS) is 1. The zero-order valence-electron chi connectivity index (χ0n) is 42.7. The van der Waals surface area contributed by atoms with E-state index >= 15 is 0 Å². The maximum absolute atomic E-state index is 11.9. The second-order valence-electron chi connectivity index (χ2n) is 17.9. The van der Waals surface area contributed by atoms with Crippen LogP contribution in [0.3, 0.4) is 0 Å². The summed E-state index contributed by atoms with van der Waals surface area (Å²) in [5.74, 6) is -2.62. The van der Waals surface area contributed by atoms with E-state index in [1.165, 1.54) is 44.2 Å². The summed E-state index contributed by atoms with van der Waals surface area (Å²) in [5.41, 5.74) is 8.96. The number of rotatable bonds is 7. The number of halogens is 1. The van der Waals surface area contributed by atoms with Crippen LogP contribution < -0.4 is 11.1 Å². The number of aryl methyl sites for hydroxylation is 4. The summed E-state index contributed by atoms with van der Waals surface area (Å²) in [6.07, 6.45) is 0. The van der Waals surface area contributed by atoms with Crippen LogP contribution in [0.2, 0.25) is 0 Å². The number of hydrogen-bond donors (Lipinski definition) is 4. The second-order valence-corrected chi connectivity index (χ2v) is 18.4. The van der Waals surface area contributed by atoms with Gasteiger partial charge in [0.1, 0.15) is 16.8 Å². The van der Waals surface area contributed by atoms with Crippen molar-refractivity contribution in [1.82, 2.24) is 0 Å². The van der Waals surface area contributed by atoms with Crippen molar-refractivity contribution in [2.45, 2.75) is 150 Å². The second kappa shape index (κ2) is 34.2. The number of benzene rings is 4. The summed E-state index contributed by atoms with van der Waals surface area (Å²) < 4.78 is 15.6. The topological polar surface area (TPSA) is 295 Å². The van der Waals surface area contributed by atoms with Gasteiger partial charge in [0.05, 0.1) is 32.1 Å². The van der Waals surface area contributed by atoms with Crippen molar-refractivity contribution in [3.8, 4) is 0 Å². The zero-order valence-corrected chi connectivity index (χ0v) is 43.4. The molecule has 0 spiro atoms. The first-order chi connectivity index (χ1) is 31.9. The monoisotopic (exact) mass is 1050 g/mol. The Morgan fingerprint density at radius 1 is 0.575 bits per heavy atom. The minimum absolute atomic E-state index is 0. The largest absolute Gasteiger partial charge is 0.478 e. The molecule has 0 bridgehead atoms. The minimum atomic E-state index is -1.16. The molecule has 1 amide bonds. The number of aliphatic hydroxyl groups excluding tert-OH is 1. The van der Waals surface area contributed by atoms with E-state index < -0.39 is 44.6 Å². The highest BCUT2D eigenvalue weighted by atomic mass is 35.5. The van der Waals surface area contributed by atoms with Crippen molar-refractivity contribution in [3.63, 3.8) is 0 Å². The van der Waals surface area contributed by atoms with Crippen LogP contribution in [-0.4, -0.2) is 78.5 Å². The summed E-state index contributed by atoms with van der Waals surface area (Å²) >= 11 is 4.64. The molecule has 0 heterocycles. The fourth-order valence-electron chi connectivity index (χ4n) is 4.72. The molecule has 0 radical (unpaired) electrons. The highest BCUT2D eigenvalue weighted by Gasteiger charge is 2.22. The summed E-state index contributed by atoms with van der Waals surface area (Å²) in [4.78, 5) is 86.0. The van der Waals surface area contributed by atoms with Gasteiger partial charge >= 0.3 is 23.9 Å². The molecule has 0 aliphatic rings. The Hall–Kier alpha value is -7.25. The standard InChI is InChI=1S/C14H19NO3.C12H15NO4.C12H17NO2.C8H7NO4.C2H3ClO.C2H6O.3CH4/c1-9-6-7-11(8-12(9)15-10(2)16)13(17)18-14(3,4)5;1-8-5-6-9(7-10(8)13(15)16)11(14)17-12(2,3)4;1-8-5-6-9(7-10(8)13)11(14)15-12(2,3)4;1-5-2-3-6(8(10)11)4-7(5)9(12)13;1-2(3)4;1-2-3;;;/h6-8H,1-5H3,(H,15,16);5-7H,1-4H3;5-7H,13H2,1-4H3;2-4H,1H3,(H,10,11);1H3;3H,2H2,1H3;3*1H4. The molecule has 73 heavy (non-hydrogen) atoms. The lowest BCUT2D eigenvalue weighted by molar-refractivity contribution is -0.385. The smallest absolute Gasteiger partial charge is 0.338 e. The maximum Gasteiger partial charge on any atom is 0.338 e. The van der Waals surface area contributed by atoms with E-state index in [2.05, 4.69) is 16.9 Å². The Labute approximate surface area is 436 Å². The Balaban J connectivity index is -0.000000267. The van der Waals surface area contributed by atoms with Crippen LogP contribution in [0.5, 0.6) is 0 Å². The summed E-state index contributed by atoms with van der Waals surface area (Å²) in [6.45, 7) is 27.8. The number of nitro benzene ring substituents is 2. The average molecular weight is 1050 g/mol. The number of ether oxygens (including phenoxy) is 3. The lowest BCUT2D eigenvalue weighted by Gasteiger charge is -2.20. The van der Waals surface area contributed by atoms with Crippen molar-refractivity contribution >= 4 is 69.4 Å².